The van der Waals surface area contributed by atoms with Crippen LogP contribution in [0.15, 0.2) is 180 Å². The van der Waals surface area contributed by atoms with E-state index in [1.165, 1.54) is 54.6 Å². The van der Waals surface area contributed by atoms with Crippen LogP contribution in [0.1, 0.15) is 17.3 Å². The van der Waals surface area contributed by atoms with Crippen LogP contribution in [0.2, 0.25) is 0 Å². The number of hydrogen-bond acceptors (Lipinski definition) is 3. The van der Waals surface area contributed by atoms with Gasteiger partial charge in [-0.15, -0.1) is 0 Å². The lowest BCUT2D eigenvalue weighted by atomic mass is 9.91. The molecule has 1 aliphatic heterocycles. The van der Waals surface area contributed by atoms with Crippen LogP contribution in [-0.4, -0.2) is 12.2 Å². The van der Waals surface area contributed by atoms with Gasteiger partial charge in [-0.2, -0.15) is 0 Å². The first kappa shape index (κ1) is 27.9. The zero-order valence-electron chi connectivity index (χ0n) is 26.2. The largest absolute Gasteiger partial charge is 0.344 e. The van der Waals surface area contributed by atoms with Gasteiger partial charge in [0.2, 0.25) is 0 Å². The predicted molar refractivity (Wildman–Crippen MR) is 203 cm³/mol. The standard InChI is InChI=1S/C45H31N3/c1-2-12-30(13-3-1)31-14-11-17-35(27-31)44-46-29-47-45(48-44)42-23-9-4-18-36(42)34-16-10-15-32(26-34)33-24-25-41-39-21-6-5-19-37(39)38-20-7-8-22-40(38)43(41)28-33/h1-29,44H,(H,46,47,48). The molecule has 0 bridgehead atoms. The van der Waals surface area contributed by atoms with Crippen LogP contribution in [0, 0.1) is 0 Å². The summed E-state index contributed by atoms with van der Waals surface area (Å²) in [6.45, 7) is 0. The van der Waals surface area contributed by atoms with E-state index in [1.807, 2.05) is 6.07 Å². The van der Waals surface area contributed by atoms with Gasteiger partial charge in [0.05, 0.1) is 0 Å². The smallest absolute Gasteiger partial charge is 0.147 e. The van der Waals surface area contributed by atoms with Crippen molar-refractivity contribution in [1.82, 2.24) is 5.32 Å². The lowest BCUT2D eigenvalue weighted by molar-refractivity contribution is 0.679. The molecule has 0 aromatic heterocycles. The Morgan fingerprint density at radius 3 is 1.67 bits per heavy atom. The number of benzene rings is 8. The molecular weight excluding hydrogens is 583 g/mol. The molecule has 1 atom stereocenters. The molecule has 0 amide bonds. The average molecular weight is 614 g/mol. The summed E-state index contributed by atoms with van der Waals surface area (Å²) in [5.74, 6) is 0.810. The van der Waals surface area contributed by atoms with E-state index < -0.39 is 0 Å². The second kappa shape index (κ2) is 11.8. The minimum atomic E-state index is -0.232. The van der Waals surface area contributed by atoms with E-state index in [-0.39, 0.29) is 6.17 Å². The number of fused-ring (bicyclic) bond motifs is 6. The van der Waals surface area contributed by atoms with Crippen molar-refractivity contribution in [1.29, 1.82) is 0 Å². The van der Waals surface area contributed by atoms with Crippen molar-refractivity contribution in [2.24, 2.45) is 9.98 Å². The molecule has 0 radical (unpaired) electrons. The molecule has 8 aromatic rings. The maximum atomic E-state index is 4.72. The number of amidine groups is 1. The van der Waals surface area contributed by atoms with E-state index in [1.54, 1.807) is 6.34 Å². The van der Waals surface area contributed by atoms with Crippen molar-refractivity contribution < 1.29 is 0 Å². The first-order chi connectivity index (χ1) is 23.8. The van der Waals surface area contributed by atoms with Crippen molar-refractivity contribution in [3.63, 3.8) is 0 Å². The molecule has 8 aromatic carbocycles. The van der Waals surface area contributed by atoms with Gasteiger partial charge >= 0.3 is 0 Å². The molecule has 3 nitrogen and oxygen atoms in total. The second-order valence-electron chi connectivity index (χ2n) is 12.3. The maximum absolute atomic E-state index is 4.72. The zero-order chi connectivity index (χ0) is 31.9. The van der Waals surface area contributed by atoms with Crippen LogP contribution in [0.4, 0.5) is 0 Å². The van der Waals surface area contributed by atoms with E-state index in [0.717, 1.165) is 28.1 Å². The monoisotopic (exact) mass is 613 g/mol. The number of nitrogens with one attached hydrogen (secondary N) is 1. The highest BCUT2D eigenvalue weighted by Crippen LogP contribution is 2.38. The van der Waals surface area contributed by atoms with Gasteiger partial charge in [-0.3, -0.25) is 0 Å². The Kier molecular flexibility index (Phi) is 6.87. The Bertz CT molecular complexity index is 2510. The fraction of sp³-hybridized carbons (Fsp3) is 0.0222. The number of rotatable bonds is 5. The van der Waals surface area contributed by atoms with Crippen molar-refractivity contribution in [3.8, 4) is 33.4 Å². The summed E-state index contributed by atoms with van der Waals surface area (Å²) in [4.78, 5) is 9.43. The molecule has 9 rings (SSSR count). The van der Waals surface area contributed by atoms with Crippen LogP contribution >= 0.6 is 0 Å². The normalized spacial score (nSPS) is 14.2. The average Bonchev–Trinajstić information content (AvgIpc) is 3.18. The molecule has 3 heteroatoms. The molecule has 48 heavy (non-hydrogen) atoms. The van der Waals surface area contributed by atoms with Crippen LogP contribution in [-0.2, 0) is 0 Å². The molecule has 0 fully saturated rings. The van der Waals surface area contributed by atoms with E-state index in [2.05, 4.69) is 169 Å². The van der Waals surface area contributed by atoms with Crippen molar-refractivity contribution in [2.75, 3.05) is 0 Å². The molecule has 0 spiro atoms. The number of nitrogens with zero attached hydrogens (tertiary/aromatic N) is 2. The highest BCUT2D eigenvalue weighted by atomic mass is 15.2. The third-order valence-electron chi connectivity index (χ3n) is 9.42. The third-order valence-corrected chi connectivity index (χ3v) is 9.42. The molecule has 0 saturated carbocycles. The van der Waals surface area contributed by atoms with E-state index in [4.69, 9.17) is 9.98 Å². The molecule has 1 N–H and O–H groups in total. The Labute approximate surface area is 279 Å². The quantitative estimate of drug-likeness (QED) is 0.193. The topological polar surface area (TPSA) is 36.8 Å². The van der Waals surface area contributed by atoms with Gasteiger partial charge in [0, 0.05) is 5.56 Å². The van der Waals surface area contributed by atoms with Gasteiger partial charge in [0.15, 0.2) is 0 Å². The van der Waals surface area contributed by atoms with E-state index >= 15 is 0 Å². The highest BCUT2D eigenvalue weighted by Gasteiger charge is 2.19. The first-order valence-electron chi connectivity index (χ1n) is 16.3. The highest BCUT2D eigenvalue weighted by molar-refractivity contribution is 6.25. The molecule has 0 aliphatic carbocycles. The SMILES string of the molecule is C1=NC(c2cccc(-c3ccccc3)c2)NC(c2ccccc2-c2cccc(-c3ccc4c5ccccc5c5ccccc5c4c3)c2)=N1. The van der Waals surface area contributed by atoms with Gasteiger partial charge in [-0.25, -0.2) is 9.98 Å². The molecule has 1 heterocycles. The second-order valence-corrected chi connectivity index (χ2v) is 12.3. The summed E-state index contributed by atoms with van der Waals surface area (Å²) in [7, 11) is 0. The number of hydrogen-bond donors (Lipinski definition) is 1. The summed E-state index contributed by atoms with van der Waals surface area (Å²) in [6, 6.07) is 60.7. The fourth-order valence-electron chi connectivity index (χ4n) is 7.09. The first-order valence-corrected chi connectivity index (χ1v) is 16.3. The Morgan fingerprint density at radius 1 is 0.375 bits per heavy atom. The van der Waals surface area contributed by atoms with Crippen LogP contribution in [0.25, 0.3) is 65.7 Å². The van der Waals surface area contributed by atoms with Gasteiger partial charge < -0.3 is 5.32 Å². The number of aliphatic imine (C=N–C) groups is 2. The maximum Gasteiger partial charge on any atom is 0.147 e. The third kappa shape index (κ3) is 4.94. The molecule has 1 aliphatic rings. The molecule has 1 unspecified atom stereocenters. The van der Waals surface area contributed by atoms with Gasteiger partial charge in [0.1, 0.15) is 18.3 Å². The van der Waals surface area contributed by atoms with Gasteiger partial charge in [-0.05, 0) is 89.5 Å². The van der Waals surface area contributed by atoms with Gasteiger partial charge in [0.25, 0.3) is 0 Å². The summed E-state index contributed by atoms with van der Waals surface area (Å²) in [5.41, 5.74) is 9.12. The van der Waals surface area contributed by atoms with Crippen molar-refractivity contribution in [2.45, 2.75) is 6.17 Å². The zero-order valence-corrected chi connectivity index (χ0v) is 26.2. The Balaban J connectivity index is 1.08. The Morgan fingerprint density at radius 2 is 0.917 bits per heavy atom. The van der Waals surface area contributed by atoms with E-state index in [9.17, 15) is 0 Å². The van der Waals surface area contributed by atoms with Crippen LogP contribution < -0.4 is 5.32 Å². The predicted octanol–water partition coefficient (Wildman–Crippen LogP) is 11.2. The lowest BCUT2D eigenvalue weighted by Gasteiger charge is -2.22. The summed E-state index contributed by atoms with van der Waals surface area (Å²) in [6.07, 6.45) is 1.45. The van der Waals surface area contributed by atoms with Crippen molar-refractivity contribution in [3.05, 3.63) is 181 Å². The molecular formula is C45H31N3. The summed E-state index contributed by atoms with van der Waals surface area (Å²) in [5, 5.41) is 11.3. The summed E-state index contributed by atoms with van der Waals surface area (Å²) >= 11 is 0. The Hall–Kier alpha value is -6.32. The van der Waals surface area contributed by atoms with Crippen LogP contribution in [0.3, 0.4) is 0 Å². The fourth-order valence-corrected chi connectivity index (χ4v) is 7.09. The van der Waals surface area contributed by atoms with E-state index in [0.29, 0.717) is 0 Å². The van der Waals surface area contributed by atoms with Crippen molar-refractivity contribution >= 4 is 44.5 Å². The molecule has 226 valence electrons. The summed E-state index contributed by atoms with van der Waals surface area (Å²) < 4.78 is 0. The van der Waals surface area contributed by atoms with Gasteiger partial charge in [-0.1, -0.05) is 152 Å². The minimum absolute atomic E-state index is 0.232. The minimum Gasteiger partial charge on any atom is -0.344 e. The lowest BCUT2D eigenvalue weighted by Crippen LogP contribution is -2.31. The molecule has 0 saturated heterocycles. The van der Waals surface area contributed by atoms with Crippen LogP contribution in [0.5, 0.6) is 0 Å².